The highest BCUT2D eigenvalue weighted by Gasteiger charge is 2.36. The van der Waals surface area contributed by atoms with Gasteiger partial charge in [0, 0.05) is 39.2 Å². The van der Waals surface area contributed by atoms with Gasteiger partial charge >= 0.3 is 12.4 Å². The van der Waals surface area contributed by atoms with Gasteiger partial charge in [0.2, 0.25) is 12.5 Å². The third-order valence-electron chi connectivity index (χ3n) is 5.44. The van der Waals surface area contributed by atoms with Crippen LogP contribution in [0.3, 0.4) is 0 Å². The van der Waals surface area contributed by atoms with Crippen LogP contribution in [-0.2, 0) is 23.7 Å². The van der Waals surface area contributed by atoms with Gasteiger partial charge in [-0.15, -0.1) is 0 Å². The van der Waals surface area contributed by atoms with E-state index in [-0.39, 0.29) is 36.7 Å². The van der Waals surface area contributed by atoms with Crippen molar-refractivity contribution in [2.24, 2.45) is 5.73 Å². The monoisotopic (exact) mass is 511 g/mol. The van der Waals surface area contributed by atoms with E-state index in [0.717, 1.165) is 10.8 Å². The standard InChI is InChI=1S/C25H20F6N2O3/c26-24(27,28)19-11-16(12-20(13-19)25(29,30)31)10-18-6-5-17-9-15(4-7-21(17)23(18)35)14-33(36)8-2-1-3-22(32)34/h4-7,9-13H,1-3,8,14H2,(H-,32,34)/p+1/b18-10+. The Morgan fingerprint density at radius 1 is 0.917 bits per heavy atom. The number of allylic oxidation sites excluding steroid dienone is 2. The average molecular weight is 511 g/mol. The normalized spacial score (nSPS) is 14.7. The van der Waals surface area contributed by atoms with Crippen molar-refractivity contribution >= 4 is 23.8 Å². The number of hydrogen-bond acceptors (Lipinski definition) is 3. The molecule has 1 aliphatic rings. The molecule has 0 atom stereocenters. The third kappa shape index (κ3) is 6.89. The minimum Gasteiger partial charge on any atom is -0.370 e. The maximum atomic E-state index is 13.1. The first-order valence-corrected chi connectivity index (χ1v) is 10.8. The molecule has 3 rings (SSSR count). The Labute approximate surface area is 201 Å². The van der Waals surface area contributed by atoms with Gasteiger partial charge in [0.05, 0.1) is 11.1 Å². The van der Waals surface area contributed by atoms with Gasteiger partial charge < -0.3 is 5.73 Å². The van der Waals surface area contributed by atoms with Gasteiger partial charge in [-0.25, -0.2) is 0 Å². The summed E-state index contributed by atoms with van der Waals surface area (Å²) < 4.78 is 79.5. The van der Waals surface area contributed by atoms with Gasteiger partial charge in [0.25, 0.3) is 0 Å². The molecule has 11 heteroatoms. The maximum Gasteiger partial charge on any atom is 0.416 e. The third-order valence-corrected chi connectivity index (χ3v) is 5.44. The topological polar surface area (TPSA) is 80.2 Å². The number of fused-ring (bicyclic) bond motifs is 1. The summed E-state index contributed by atoms with van der Waals surface area (Å²) in [5.41, 5.74) is 2.89. The molecule has 0 aliphatic heterocycles. The largest absolute Gasteiger partial charge is 0.416 e. The van der Waals surface area contributed by atoms with Gasteiger partial charge in [0.1, 0.15) is 0 Å². The number of nitrogens with zero attached hydrogens (tertiary/aromatic N) is 1. The molecule has 0 unspecified atom stereocenters. The first-order chi connectivity index (χ1) is 16.7. The number of Topliss-reactive ketones (excluding diaryl/α,β-unsaturated/α-hetero) is 1. The molecule has 0 aromatic heterocycles. The molecule has 5 nitrogen and oxygen atoms in total. The number of carbonyl (C=O) groups excluding carboxylic acids is 2. The lowest BCUT2D eigenvalue weighted by atomic mass is 9.90. The Kier molecular flexibility index (Phi) is 7.80. The van der Waals surface area contributed by atoms with Crippen LogP contribution in [0.15, 0.2) is 48.0 Å². The lowest BCUT2D eigenvalue weighted by molar-refractivity contribution is -0.565. The Bertz CT molecular complexity index is 1230. The fourth-order valence-corrected chi connectivity index (χ4v) is 3.69. The van der Waals surface area contributed by atoms with Gasteiger partial charge in [-0.1, -0.05) is 18.2 Å². The van der Waals surface area contributed by atoms with E-state index in [0.29, 0.717) is 36.1 Å². The number of ketones is 1. The van der Waals surface area contributed by atoms with Gasteiger partial charge in [0.15, 0.2) is 12.3 Å². The molecule has 0 bridgehead atoms. The zero-order valence-electron chi connectivity index (χ0n) is 18.7. The quantitative estimate of drug-likeness (QED) is 0.206. The van der Waals surface area contributed by atoms with Crippen molar-refractivity contribution < 1.29 is 40.7 Å². The van der Waals surface area contributed by atoms with Gasteiger partial charge in [-0.3, -0.25) is 9.59 Å². The van der Waals surface area contributed by atoms with E-state index in [9.17, 15) is 40.8 Å². The van der Waals surface area contributed by atoms with Gasteiger partial charge in [-0.05, 0) is 54.0 Å². The summed E-state index contributed by atoms with van der Waals surface area (Å²) in [4.78, 5) is 35.7. The minimum absolute atomic E-state index is 0.0222. The summed E-state index contributed by atoms with van der Waals surface area (Å²) in [5, 5.41) is 0. The van der Waals surface area contributed by atoms with Crippen LogP contribution < -0.4 is 5.73 Å². The molecular weight excluding hydrogens is 490 g/mol. The first kappa shape index (κ1) is 26.8. The van der Waals surface area contributed by atoms with Crippen molar-refractivity contribution in [1.82, 2.24) is 0 Å². The lowest BCUT2D eigenvalue weighted by Gasteiger charge is -2.15. The van der Waals surface area contributed by atoms with Crippen molar-refractivity contribution in [2.45, 2.75) is 38.2 Å². The Balaban J connectivity index is 1.81. The summed E-state index contributed by atoms with van der Waals surface area (Å²) in [7, 11) is 0. The van der Waals surface area contributed by atoms with Crippen LogP contribution in [0.2, 0.25) is 0 Å². The molecule has 0 saturated carbocycles. The number of unbranched alkanes of at least 4 members (excludes halogenated alkanes) is 1. The zero-order chi connectivity index (χ0) is 26.7. The number of amides is 1. The number of alkyl halides is 6. The second-order valence-electron chi connectivity index (χ2n) is 8.31. The van der Waals surface area contributed by atoms with Gasteiger partial charge in [-0.2, -0.15) is 26.3 Å². The fourth-order valence-electron chi connectivity index (χ4n) is 3.69. The maximum absolute atomic E-state index is 13.1. The number of primary amides is 1. The number of halogens is 6. The summed E-state index contributed by atoms with van der Waals surface area (Å²) in [6.07, 6.45) is -5.05. The van der Waals surface area contributed by atoms with Crippen LogP contribution in [0.25, 0.3) is 12.2 Å². The van der Waals surface area contributed by atoms with E-state index in [4.69, 9.17) is 5.73 Å². The van der Waals surface area contributed by atoms with E-state index < -0.39 is 40.7 Å². The predicted molar refractivity (Wildman–Crippen MR) is 119 cm³/mol. The average Bonchev–Trinajstić information content (AvgIpc) is 2.77. The van der Waals surface area contributed by atoms with E-state index in [1.54, 1.807) is 12.1 Å². The molecule has 190 valence electrons. The molecule has 36 heavy (non-hydrogen) atoms. The van der Waals surface area contributed by atoms with Crippen LogP contribution >= 0.6 is 0 Å². The van der Waals surface area contributed by atoms with Crippen molar-refractivity contribution in [3.63, 3.8) is 0 Å². The molecular formula is C25H21F6N2O3+. The Morgan fingerprint density at radius 2 is 1.56 bits per heavy atom. The number of rotatable bonds is 8. The highest BCUT2D eigenvalue weighted by Crippen LogP contribution is 2.37. The second-order valence-corrected chi connectivity index (χ2v) is 8.31. The van der Waals surface area contributed by atoms with Crippen molar-refractivity contribution in [1.29, 1.82) is 0 Å². The summed E-state index contributed by atoms with van der Waals surface area (Å²) in [6.45, 7) is 0.210. The number of nitroso groups, excluding NO2 is 1. The van der Waals surface area contributed by atoms with Crippen molar-refractivity contribution in [3.05, 3.63) is 86.3 Å². The molecule has 2 aromatic rings. The van der Waals surface area contributed by atoms with Crippen molar-refractivity contribution in [2.75, 3.05) is 6.54 Å². The van der Waals surface area contributed by atoms with E-state index in [1.807, 2.05) is 0 Å². The van der Waals surface area contributed by atoms with E-state index in [2.05, 4.69) is 0 Å². The molecule has 0 radical (unpaired) electrons. The first-order valence-electron chi connectivity index (χ1n) is 10.8. The number of nitrogens with two attached hydrogens (primary N) is 1. The molecule has 1 aliphatic carbocycles. The smallest absolute Gasteiger partial charge is 0.370 e. The molecule has 2 aromatic carbocycles. The summed E-state index contributed by atoms with van der Waals surface area (Å²) >= 11 is 0. The minimum atomic E-state index is -5.00. The predicted octanol–water partition coefficient (Wildman–Crippen LogP) is 5.95. The molecule has 0 fully saturated rings. The molecule has 1 amide bonds. The van der Waals surface area contributed by atoms with Crippen LogP contribution in [-0.4, -0.2) is 23.0 Å². The molecule has 0 saturated heterocycles. The zero-order valence-corrected chi connectivity index (χ0v) is 18.7. The molecule has 0 heterocycles. The van der Waals surface area contributed by atoms with Crippen LogP contribution in [0.5, 0.6) is 0 Å². The number of benzene rings is 2. The van der Waals surface area contributed by atoms with E-state index >= 15 is 0 Å². The highest BCUT2D eigenvalue weighted by molar-refractivity contribution is 6.17. The van der Waals surface area contributed by atoms with Crippen molar-refractivity contribution in [3.8, 4) is 0 Å². The Morgan fingerprint density at radius 3 is 2.14 bits per heavy atom. The number of carbonyl (C=O) groups is 2. The van der Waals surface area contributed by atoms with Crippen LogP contribution in [0.4, 0.5) is 26.3 Å². The second kappa shape index (κ2) is 10.5. The molecule has 2 N–H and O–H groups in total. The Hall–Kier alpha value is -3.76. The SMILES string of the molecule is NC(=O)CCCC[N+](=O)Cc1ccc2c(c1)C=C/C(=C\c1cc(C(F)(F)F)cc(C(F)(F)F)c1)C2=O. The fraction of sp³-hybridized carbons (Fsp3) is 0.280. The lowest BCUT2D eigenvalue weighted by Crippen LogP contribution is -2.14. The van der Waals surface area contributed by atoms with Crippen LogP contribution in [0.1, 0.15) is 57.4 Å². The highest BCUT2D eigenvalue weighted by atomic mass is 19.4. The summed E-state index contributed by atoms with van der Waals surface area (Å²) in [5.74, 6) is -1.02. The summed E-state index contributed by atoms with van der Waals surface area (Å²) in [6, 6.07) is 5.74. The van der Waals surface area contributed by atoms with E-state index in [1.165, 1.54) is 18.2 Å². The van der Waals surface area contributed by atoms with Crippen LogP contribution in [0, 0.1) is 4.91 Å². The molecule has 0 spiro atoms. The number of hydrogen-bond donors (Lipinski definition) is 1.